The Balaban J connectivity index is 1.41. The van der Waals surface area contributed by atoms with Crippen LogP contribution in [0.1, 0.15) is 29.5 Å². The van der Waals surface area contributed by atoms with Crippen molar-refractivity contribution in [3.05, 3.63) is 75.8 Å². The topological polar surface area (TPSA) is 61.8 Å². The Hall–Kier alpha value is -2.69. The number of nitrogens with zero attached hydrogens (tertiary/aromatic N) is 1. The number of hydrogen-bond donors (Lipinski definition) is 2. The first-order valence-corrected chi connectivity index (χ1v) is 10.8. The molecule has 0 aromatic heterocycles. The maximum Gasteiger partial charge on any atom is 0.428 e. The van der Waals surface area contributed by atoms with Crippen LogP contribution in [-0.4, -0.2) is 35.2 Å². The van der Waals surface area contributed by atoms with E-state index in [4.69, 9.17) is 16.4 Å². The minimum absolute atomic E-state index is 0.0274. The lowest BCUT2D eigenvalue weighted by molar-refractivity contribution is -0.269. The van der Waals surface area contributed by atoms with Crippen LogP contribution >= 0.6 is 11.6 Å². The van der Waals surface area contributed by atoms with E-state index in [0.29, 0.717) is 23.3 Å². The predicted molar refractivity (Wildman–Crippen MR) is 111 cm³/mol. The summed E-state index contributed by atoms with van der Waals surface area (Å²) in [6.45, 7) is 0.305. The molecule has 2 heterocycles. The van der Waals surface area contributed by atoms with Crippen LogP contribution in [0.3, 0.4) is 0 Å². The maximum atomic E-state index is 14.1. The van der Waals surface area contributed by atoms with Gasteiger partial charge in [0, 0.05) is 11.5 Å². The second kappa shape index (κ2) is 7.66. The van der Waals surface area contributed by atoms with E-state index in [1.165, 1.54) is 12.1 Å². The van der Waals surface area contributed by atoms with Gasteiger partial charge in [-0.2, -0.15) is 13.2 Å². The van der Waals surface area contributed by atoms with Crippen LogP contribution in [0.4, 0.5) is 22.0 Å². The number of aliphatic hydroxyl groups is 1. The molecule has 2 fully saturated rings. The number of rotatable bonds is 4. The number of carbonyl (C=O) groups excluding carboxylic acids is 1. The zero-order valence-electron chi connectivity index (χ0n) is 17.4. The third-order valence-corrected chi connectivity index (χ3v) is 6.65. The minimum Gasteiger partial charge on any atom is -0.381 e. The molecule has 2 aromatic rings. The van der Waals surface area contributed by atoms with Gasteiger partial charge in [-0.25, -0.2) is 8.78 Å². The SMILES string of the molecule is O=C(C1CC1)N1CC(O)(c2ccc(C3=CC(c4cc(F)c(F)c(Cl)c4)(C(F)(F)F)ON3)cc2)C1. The lowest BCUT2D eigenvalue weighted by atomic mass is 9.85. The van der Waals surface area contributed by atoms with Gasteiger partial charge in [-0.15, -0.1) is 0 Å². The van der Waals surface area contributed by atoms with Crippen molar-refractivity contribution in [2.75, 3.05) is 13.1 Å². The van der Waals surface area contributed by atoms with E-state index in [9.17, 15) is 31.9 Å². The van der Waals surface area contributed by atoms with Crippen LogP contribution in [-0.2, 0) is 20.8 Å². The Morgan fingerprint density at radius 1 is 1.12 bits per heavy atom. The number of carbonyl (C=O) groups is 1. The highest BCUT2D eigenvalue weighted by Gasteiger charge is 2.60. The number of β-amino-alcohol motifs (C(OH)–C–C–N with tert-alkyl or cyclic N) is 1. The second-order valence-electron chi connectivity index (χ2n) is 8.83. The van der Waals surface area contributed by atoms with Crippen LogP contribution < -0.4 is 5.48 Å². The standard InChI is InChI=1S/C23H18ClF5N2O3/c24-16-7-15(8-17(25)19(16)26)22(23(27,28)29)9-18(30-34-22)12-3-5-14(6-4-12)21(33)10-31(11-21)20(32)13-1-2-13/h3-9,13,30,33H,1-2,10-11H2. The van der Waals surface area contributed by atoms with Crippen LogP contribution in [0, 0.1) is 17.6 Å². The van der Waals surface area contributed by atoms with Gasteiger partial charge in [0.1, 0.15) is 5.60 Å². The van der Waals surface area contributed by atoms with E-state index in [1.54, 1.807) is 17.0 Å². The molecule has 2 aromatic carbocycles. The van der Waals surface area contributed by atoms with Crippen LogP contribution in [0.5, 0.6) is 0 Å². The average molecular weight is 501 g/mol. The summed E-state index contributed by atoms with van der Waals surface area (Å²) in [6.07, 6.45) is -2.58. The maximum absolute atomic E-state index is 14.1. The monoisotopic (exact) mass is 500 g/mol. The van der Waals surface area contributed by atoms with E-state index in [2.05, 4.69) is 5.48 Å². The Morgan fingerprint density at radius 3 is 2.32 bits per heavy atom. The average Bonchev–Trinajstić information content (AvgIpc) is 3.51. The summed E-state index contributed by atoms with van der Waals surface area (Å²) in [6, 6.07) is 7.15. The van der Waals surface area contributed by atoms with Gasteiger partial charge in [0.15, 0.2) is 11.6 Å². The summed E-state index contributed by atoms with van der Waals surface area (Å²) < 4.78 is 69.5. The largest absolute Gasteiger partial charge is 0.428 e. The smallest absolute Gasteiger partial charge is 0.381 e. The van der Waals surface area contributed by atoms with E-state index >= 15 is 0 Å². The molecule has 0 spiro atoms. The van der Waals surface area contributed by atoms with Crippen molar-refractivity contribution in [1.29, 1.82) is 0 Å². The molecule has 2 aliphatic heterocycles. The summed E-state index contributed by atoms with van der Waals surface area (Å²) in [5.74, 6) is -2.92. The van der Waals surface area contributed by atoms with Gasteiger partial charge in [0.25, 0.3) is 0 Å². The summed E-state index contributed by atoms with van der Waals surface area (Å²) in [7, 11) is 0. The van der Waals surface area contributed by atoms with Crippen molar-refractivity contribution in [1.82, 2.24) is 10.4 Å². The number of halogens is 6. The summed E-state index contributed by atoms with van der Waals surface area (Å²) in [5, 5.41) is 9.99. The summed E-state index contributed by atoms with van der Waals surface area (Å²) in [4.78, 5) is 18.6. The highest BCUT2D eigenvalue weighted by atomic mass is 35.5. The first-order chi connectivity index (χ1) is 15.9. The molecular weight excluding hydrogens is 483 g/mol. The number of benzene rings is 2. The van der Waals surface area contributed by atoms with Gasteiger partial charge in [-0.05, 0) is 42.2 Å². The first kappa shape index (κ1) is 23.1. The lowest BCUT2D eigenvalue weighted by Gasteiger charge is -2.47. The third-order valence-electron chi connectivity index (χ3n) is 6.38. The van der Waals surface area contributed by atoms with Gasteiger partial charge in [0.2, 0.25) is 11.5 Å². The molecule has 5 rings (SSSR count). The fourth-order valence-electron chi connectivity index (χ4n) is 4.23. The normalized spacial score (nSPS) is 23.9. The molecule has 1 amide bonds. The number of hydrogen-bond acceptors (Lipinski definition) is 4. The van der Waals surface area contributed by atoms with Gasteiger partial charge in [0.05, 0.1) is 23.8 Å². The Bertz CT molecular complexity index is 1170. The number of hydroxylamine groups is 1. The molecular formula is C23H18ClF5N2O3. The number of alkyl halides is 3. The van der Waals surface area contributed by atoms with Crippen molar-refractivity contribution in [2.24, 2.45) is 5.92 Å². The van der Waals surface area contributed by atoms with Crippen LogP contribution in [0.15, 0.2) is 42.5 Å². The Labute approximate surface area is 195 Å². The van der Waals surface area contributed by atoms with Crippen LogP contribution in [0.2, 0.25) is 5.02 Å². The molecule has 11 heteroatoms. The quantitative estimate of drug-likeness (QED) is 0.483. The molecule has 1 aliphatic carbocycles. The van der Waals surface area contributed by atoms with Gasteiger partial charge in [-0.3, -0.25) is 15.1 Å². The van der Waals surface area contributed by atoms with E-state index in [0.717, 1.165) is 18.9 Å². The molecule has 1 unspecified atom stereocenters. The molecule has 1 saturated heterocycles. The highest BCUT2D eigenvalue weighted by molar-refractivity contribution is 6.30. The van der Waals surface area contributed by atoms with Crippen molar-refractivity contribution < 1.29 is 36.7 Å². The molecule has 2 N–H and O–H groups in total. The van der Waals surface area contributed by atoms with Crippen molar-refractivity contribution in [3.63, 3.8) is 0 Å². The molecule has 180 valence electrons. The molecule has 1 saturated carbocycles. The van der Waals surface area contributed by atoms with Gasteiger partial charge in [-0.1, -0.05) is 35.9 Å². The molecule has 0 bridgehead atoms. The van der Waals surface area contributed by atoms with E-state index < -0.39 is 39.6 Å². The van der Waals surface area contributed by atoms with Crippen molar-refractivity contribution >= 4 is 23.2 Å². The second-order valence-corrected chi connectivity index (χ2v) is 9.23. The zero-order chi connectivity index (χ0) is 24.5. The van der Waals surface area contributed by atoms with Gasteiger partial charge < -0.3 is 10.0 Å². The summed E-state index contributed by atoms with van der Waals surface area (Å²) in [5.41, 5.74) is -2.08. The Kier molecular flexibility index (Phi) is 5.20. The fourth-order valence-corrected chi connectivity index (χ4v) is 4.44. The number of amides is 1. The van der Waals surface area contributed by atoms with E-state index in [-0.39, 0.29) is 30.6 Å². The number of nitrogens with one attached hydrogen (secondary N) is 1. The molecule has 34 heavy (non-hydrogen) atoms. The van der Waals surface area contributed by atoms with Gasteiger partial charge >= 0.3 is 6.18 Å². The van der Waals surface area contributed by atoms with Crippen molar-refractivity contribution in [2.45, 2.75) is 30.2 Å². The fraction of sp³-hybridized carbons (Fsp3) is 0.348. The Morgan fingerprint density at radius 2 is 1.76 bits per heavy atom. The number of likely N-dealkylation sites (tertiary alicyclic amines) is 1. The summed E-state index contributed by atoms with van der Waals surface area (Å²) >= 11 is 5.57. The van der Waals surface area contributed by atoms with Crippen LogP contribution in [0.25, 0.3) is 5.70 Å². The first-order valence-electron chi connectivity index (χ1n) is 10.4. The predicted octanol–water partition coefficient (Wildman–Crippen LogP) is 4.39. The lowest BCUT2D eigenvalue weighted by Crippen LogP contribution is -2.61. The highest BCUT2D eigenvalue weighted by Crippen LogP contribution is 2.48. The molecule has 3 aliphatic rings. The molecule has 1 atom stereocenters. The minimum atomic E-state index is -5.03. The third kappa shape index (κ3) is 3.64. The molecule has 5 nitrogen and oxygen atoms in total. The molecule has 0 radical (unpaired) electrons. The zero-order valence-corrected chi connectivity index (χ0v) is 18.2. The van der Waals surface area contributed by atoms with Crippen molar-refractivity contribution in [3.8, 4) is 0 Å². The van der Waals surface area contributed by atoms with E-state index in [1.807, 2.05) is 0 Å².